The molecule has 1 atom stereocenters. The van der Waals surface area contributed by atoms with Gasteiger partial charge in [0.25, 0.3) is 0 Å². The summed E-state index contributed by atoms with van der Waals surface area (Å²) in [6, 6.07) is 10.0. The number of rotatable bonds is 7. The molecular formula is C16H23NO2. The van der Waals surface area contributed by atoms with E-state index < -0.39 is 0 Å². The first-order valence-corrected chi connectivity index (χ1v) is 7.23. The second kappa shape index (κ2) is 7.29. The number of esters is 1. The maximum atomic E-state index is 12.0. The zero-order valence-corrected chi connectivity index (χ0v) is 11.6. The van der Waals surface area contributed by atoms with Crippen LogP contribution < -0.4 is 5.32 Å². The van der Waals surface area contributed by atoms with Gasteiger partial charge in [0.1, 0.15) is 6.04 Å². The minimum Gasteiger partial charge on any atom is -0.465 e. The number of nitrogens with one attached hydrogen (secondary N) is 1. The van der Waals surface area contributed by atoms with Crippen LogP contribution in [0.1, 0.15) is 38.2 Å². The molecular weight excluding hydrogens is 238 g/mol. The lowest BCUT2D eigenvalue weighted by Crippen LogP contribution is -2.40. The summed E-state index contributed by atoms with van der Waals surface area (Å²) in [5, 5.41) is 3.35. The van der Waals surface area contributed by atoms with E-state index in [0.29, 0.717) is 12.5 Å². The summed E-state index contributed by atoms with van der Waals surface area (Å²) >= 11 is 0. The largest absolute Gasteiger partial charge is 0.465 e. The van der Waals surface area contributed by atoms with Crippen LogP contribution in [0.25, 0.3) is 0 Å². The van der Waals surface area contributed by atoms with Gasteiger partial charge in [-0.25, -0.2) is 0 Å². The highest BCUT2D eigenvalue weighted by Crippen LogP contribution is 2.30. The van der Waals surface area contributed by atoms with Gasteiger partial charge in [0, 0.05) is 6.54 Å². The van der Waals surface area contributed by atoms with Gasteiger partial charge in [0.2, 0.25) is 0 Å². The number of hydrogen-bond donors (Lipinski definition) is 1. The zero-order valence-electron chi connectivity index (χ0n) is 11.6. The summed E-state index contributed by atoms with van der Waals surface area (Å²) in [5.41, 5.74) is 1.20. The summed E-state index contributed by atoms with van der Waals surface area (Å²) in [7, 11) is 0. The van der Waals surface area contributed by atoms with Gasteiger partial charge in [-0.15, -0.1) is 0 Å². The lowest BCUT2D eigenvalue weighted by Gasteiger charge is -2.29. The molecule has 3 heteroatoms. The Balaban J connectivity index is 1.86. The van der Waals surface area contributed by atoms with Crippen molar-refractivity contribution < 1.29 is 9.53 Å². The molecule has 2 rings (SSSR count). The van der Waals surface area contributed by atoms with Crippen LogP contribution in [0, 0.1) is 5.92 Å². The van der Waals surface area contributed by atoms with E-state index in [0.717, 1.165) is 13.0 Å². The molecule has 1 N–H and O–H groups in total. The summed E-state index contributed by atoms with van der Waals surface area (Å²) in [5.74, 6) is 0.586. The Morgan fingerprint density at radius 2 is 2.11 bits per heavy atom. The van der Waals surface area contributed by atoms with E-state index in [1.165, 1.54) is 24.8 Å². The summed E-state index contributed by atoms with van der Waals surface area (Å²) in [6.45, 7) is 3.03. The predicted molar refractivity (Wildman–Crippen MR) is 75.7 cm³/mol. The van der Waals surface area contributed by atoms with Crippen LogP contribution in [0.3, 0.4) is 0 Å². The van der Waals surface area contributed by atoms with Gasteiger partial charge in [-0.2, -0.15) is 0 Å². The Kier molecular flexibility index (Phi) is 5.40. The summed E-state index contributed by atoms with van der Waals surface area (Å²) in [6.07, 6.45) is 4.72. The van der Waals surface area contributed by atoms with Crippen molar-refractivity contribution in [3.8, 4) is 0 Å². The molecule has 1 saturated carbocycles. The van der Waals surface area contributed by atoms with Crippen molar-refractivity contribution in [2.45, 2.75) is 45.2 Å². The third kappa shape index (κ3) is 4.35. The predicted octanol–water partition coefficient (Wildman–Crippen LogP) is 2.90. The minimum atomic E-state index is -0.162. The fourth-order valence-corrected chi connectivity index (χ4v) is 2.40. The zero-order chi connectivity index (χ0) is 13.5. The molecule has 104 valence electrons. The van der Waals surface area contributed by atoms with E-state index in [1.807, 2.05) is 25.1 Å². The Hall–Kier alpha value is -1.35. The first-order valence-electron chi connectivity index (χ1n) is 7.23. The van der Waals surface area contributed by atoms with Gasteiger partial charge < -0.3 is 10.1 Å². The molecule has 0 aliphatic heterocycles. The lowest BCUT2D eigenvalue weighted by atomic mass is 9.81. The molecule has 3 nitrogen and oxygen atoms in total. The third-order valence-corrected chi connectivity index (χ3v) is 3.76. The second-order valence-electron chi connectivity index (χ2n) is 5.20. The molecule has 19 heavy (non-hydrogen) atoms. The van der Waals surface area contributed by atoms with Crippen molar-refractivity contribution in [2.75, 3.05) is 6.61 Å². The van der Waals surface area contributed by atoms with E-state index in [2.05, 4.69) is 17.4 Å². The fraction of sp³-hybridized carbons (Fsp3) is 0.562. The topological polar surface area (TPSA) is 38.3 Å². The molecule has 1 aliphatic carbocycles. The summed E-state index contributed by atoms with van der Waals surface area (Å²) < 4.78 is 5.16. The molecule has 0 heterocycles. The molecule has 1 fully saturated rings. The van der Waals surface area contributed by atoms with Crippen molar-refractivity contribution in [3.05, 3.63) is 35.9 Å². The Bertz CT molecular complexity index is 387. The van der Waals surface area contributed by atoms with Crippen molar-refractivity contribution in [1.82, 2.24) is 5.32 Å². The third-order valence-electron chi connectivity index (χ3n) is 3.76. The average molecular weight is 261 g/mol. The molecule has 0 radical (unpaired) electrons. The lowest BCUT2D eigenvalue weighted by molar-refractivity contribution is -0.146. The van der Waals surface area contributed by atoms with E-state index in [4.69, 9.17) is 4.74 Å². The van der Waals surface area contributed by atoms with Crippen molar-refractivity contribution >= 4 is 5.97 Å². The molecule has 0 amide bonds. The van der Waals surface area contributed by atoms with Gasteiger partial charge in [-0.3, -0.25) is 4.79 Å². The van der Waals surface area contributed by atoms with Crippen LogP contribution in [0.4, 0.5) is 0 Å². The van der Waals surface area contributed by atoms with Gasteiger partial charge in [0.05, 0.1) is 6.61 Å². The standard InChI is InChI=1S/C16H23NO2/c1-2-19-16(18)15(11-13-9-6-10-13)17-12-14-7-4-3-5-8-14/h3-5,7-8,13,15,17H,2,6,9-12H2,1H3. The van der Waals surface area contributed by atoms with Crippen LogP contribution in [0.5, 0.6) is 0 Å². The number of carbonyl (C=O) groups is 1. The van der Waals surface area contributed by atoms with Crippen LogP contribution in [0.15, 0.2) is 30.3 Å². The Morgan fingerprint density at radius 3 is 2.68 bits per heavy atom. The number of benzene rings is 1. The average Bonchev–Trinajstić information content (AvgIpc) is 2.38. The highest BCUT2D eigenvalue weighted by Gasteiger charge is 2.27. The first-order chi connectivity index (χ1) is 9.29. The monoisotopic (exact) mass is 261 g/mol. The Morgan fingerprint density at radius 1 is 1.37 bits per heavy atom. The maximum Gasteiger partial charge on any atom is 0.323 e. The van der Waals surface area contributed by atoms with Crippen molar-refractivity contribution in [2.24, 2.45) is 5.92 Å². The number of ether oxygens (including phenoxy) is 1. The van der Waals surface area contributed by atoms with E-state index in [1.54, 1.807) is 0 Å². The minimum absolute atomic E-state index is 0.106. The highest BCUT2D eigenvalue weighted by molar-refractivity contribution is 5.75. The fourth-order valence-electron chi connectivity index (χ4n) is 2.40. The van der Waals surface area contributed by atoms with E-state index in [-0.39, 0.29) is 12.0 Å². The number of carbonyl (C=O) groups excluding carboxylic acids is 1. The quantitative estimate of drug-likeness (QED) is 0.767. The highest BCUT2D eigenvalue weighted by atomic mass is 16.5. The van der Waals surface area contributed by atoms with Gasteiger partial charge in [0.15, 0.2) is 0 Å². The SMILES string of the molecule is CCOC(=O)C(CC1CCC1)NCc1ccccc1. The first kappa shape index (κ1) is 14.1. The van der Waals surface area contributed by atoms with Crippen molar-refractivity contribution in [1.29, 1.82) is 0 Å². The van der Waals surface area contributed by atoms with Crippen LogP contribution in [-0.2, 0) is 16.1 Å². The molecule has 1 unspecified atom stereocenters. The van der Waals surface area contributed by atoms with Crippen molar-refractivity contribution in [3.63, 3.8) is 0 Å². The van der Waals surface area contributed by atoms with Crippen LogP contribution in [0.2, 0.25) is 0 Å². The van der Waals surface area contributed by atoms with E-state index >= 15 is 0 Å². The molecule has 1 aromatic carbocycles. The van der Waals surface area contributed by atoms with Gasteiger partial charge in [-0.05, 0) is 24.8 Å². The molecule has 0 saturated heterocycles. The van der Waals surface area contributed by atoms with Gasteiger partial charge in [-0.1, -0.05) is 49.6 Å². The smallest absolute Gasteiger partial charge is 0.323 e. The molecule has 1 aromatic rings. The maximum absolute atomic E-state index is 12.0. The molecule has 0 spiro atoms. The van der Waals surface area contributed by atoms with Gasteiger partial charge >= 0.3 is 5.97 Å². The van der Waals surface area contributed by atoms with E-state index in [9.17, 15) is 4.79 Å². The molecule has 1 aliphatic rings. The normalized spacial score (nSPS) is 16.7. The van der Waals surface area contributed by atoms with Crippen LogP contribution in [-0.4, -0.2) is 18.6 Å². The molecule has 0 bridgehead atoms. The molecule has 0 aromatic heterocycles. The number of hydrogen-bond acceptors (Lipinski definition) is 3. The Labute approximate surface area is 115 Å². The van der Waals surface area contributed by atoms with Crippen LogP contribution >= 0.6 is 0 Å². The second-order valence-corrected chi connectivity index (χ2v) is 5.20. The summed E-state index contributed by atoms with van der Waals surface area (Å²) in [4.78, 5) is 12.0.